The normalized spacial score (nSPS) is 13.2. The molecule has 0 aliphatic heterocycles. The van der Waals surface area contributed by atoms with Gasteiger partial charge in [0, 0.05) is 12.5 Å². The Balaban J connectivity index is 3.27. The zero-order chi connectivity index (χ0) is 13.9. The van der Waals surface area contributed by atoms with Gasteiger partial charge in [0.2, 0.25) is 0 Å². The molecule has 0 saturated heterocycles. The van der Waals surface area contributed by atoms with Crippen molar-refractivity contribution >= 4 is 5.78 Å². The van der Waals surface area contributed by atoms with E-state index < -0.39 is 0 Å². The highest BCUT2D eigenvalue weighted by Crippen LogP contribution is 2.29. The van der Waals surface area contributed by atoms with Crippen molar-refractivity contribution in [3.05, 3.63) is 29.3 Å². The maximum atomic E-state index is 12.3. The molecule has 1 unspecified atom stereocenters. The molecular formula is C15H23NO2. The number of benzene rings is 1. The molecule has 100 valence electrons. The number of hydrogen-bond donors (Lipinski definition) is 1. The van der Waals surface area contributed by atoms with Crippen LogP contribution in [0.5, 0.6) is 5.75 Å². The van der Waals surface area contributed by atoms with Crippen molar-refractivity contribution in [1.82, 2.24) is 0 Å². The largest absolute Gasteiger partial charge is 0.496 e. The lowest BCUT2D eigenvalue weighted by Crippen LogP contribution is -2.22. The van der Waals surface area contributed by atoms with E-state index in [1.165, 1.54) is 0 Å². The first-order chi connectivity index (χ1) is 8.31. The van der Waals surface area contributed by atoms with Gasteiger partial charge < -0.3 is 10.5 Å². The van der Waals surface area contributed by atoms with E-state index in [4.69, 9.17) is 10.5 Å². The predicted octanol–water partition coefficient (Wildman–Crippen LogP) is 2.77. The average molecular weight is 249 g/mol. The number of carbonyl (C=O) groups excluding carboxylic acids is 1. The van der Waals surface area contributed by atoms with Crippen LogP contribution in [0.1, 0.15) is 43.6 Å². The van der Waals surface area contributed by atoms with Crippen LogP contribution in [0.25, 0.3) is 0 Å². The van der Waals surface area contributed by atoms with Gasteiger partial charge in [-0.25, -0.2) is 0 Å². The quantitative estimate of drug-likeness (QED) is 0.835. The monoisotopic (exact) mass is 249 g/mol. The third-order valence-corrected chi connectivity index (χ3v) is 3.13. The number of rotatable bonds is 4. The number of Topliss-reactive ketones (excluding diaryl/α,β-unsaturated/α-hetero) is 1. The van der Waals surface area contributed by atoms with Crippen LogP contribution in [-0.2, 0) is 5.41 Å². The van der Waals surface area contributed by atoms with Gasteiger partial charge in [0.05, 0.1) is 12.7 Å². The molecule has 1 aromatic rings. The standard InChI is InChI=1S/C15H23NO2/c1-10(9-16)14(17)12-8-11(15(2,3)4)6-7-13(12)18-5/h6-8,10H,9,16H2,1-5H3. The maximum Gasteiger partial charge on any atom is 0.170 e. The Morgan fingerprint density at radius 3 is 2.44 bits per heavy atom. The lowest BCUT2D eigenvalue weighted by Gasteiger charge is -2.21. The van der Waals surface area contributed by atoms with E-state index in [2.05, 4.69) is 20.8 Å². The van der Waals surface area contributed by atoms with Gasteiger partial charge in [0.25, 0.3) is 0 Å². The highest BCUT2D eigenvalue weighted by Gasteiger charge is 2.21. The molecule has 0 amide bonds. The van der Waals surface area contributed by atoms with E-state index in [1.54, 1.807) is 7.11 Å². The average Bonchev–Trinajstić information content (AvgIpc) is 2.35. The molecule has 0 bridgehead atoms. The van der Waals surface area contributed by atoms with Crippen molar-refractivity contribution in [2.75, 3.05) is 13.7 Å². The lowest BCUT2D eigenvalue weighted by molar-refractivity contribution is 0.0931. The molecule has 0 aliphatic rings. The van der Waals surface area contributed by atoms with E-state index in [1.807, 2.05) is 25.1 Å². The van der Waals surface area contributed by atoms with Gasteiger partial charge in [-0.3, -0.25) is 4.79 Å². The summed E-state index contributed by atoms with van der Waals surface area (Å²) in [6, 6.07) is 5.78. The summed E-state index contributed by atoms with van der Waals surface area (Å²) in [6.07, 6.45) is 0. The van der Waals surface area contributed by atoms with Crippen LogP contribution in [0.15, 0.2) is 18.2 Å². The van der Waals surface area contributed by atoms with Gasteiger partial charge in [0.1, 0.15) is 5.75 Å². The zero-order valence-electron chi connectivity index (χ0n) is 11.9. The number of ketones is 1. The van der Waals surface area contributed by atoms with Crippen molar-refractivity contribution in [3.8, 4) is 5.75 Å². The Morgan fingerprint density at radius 1 is 1.39 bits per heavy atom. The Bertz CT molecular complexity index is 433. The molecule has 3 nitrogen and oxygen atoms in total. The second kappa shape index (κ2) is 5.53. The van der Waals surface area contributed by atoms with Crippen LogP contribution < -0.4 is 10.5 Å². The summed E-state index contributed by atoms with van der Waals surface area (Å²) in [6.45, 7) is 8.55. The predicted molar refractivity (Wildman–Crippen MR) is 74.2 cm³/mol. The third kappa shape index (κ3) is 3.10. The van der Waals surface area contributed by atoms with E-state index in [-0.39, 0.29) is 17.1 Å². The maximum absolute atomic E-state index is 12.3. The second-order valence-corrected chi connectivity index (χ2v) is 5.67. The van der Waals surface area contributed by atoms with Crippen LogP contribution in [0, 0.1) is 5.92 Å². The van der Waals surface area contributed by atoms with Crippen molar-refractivity contribution in [2.45, 2.75) is 33.1 Å². The topological polar surface area (TPSA) is 52.3 Å². The van der Waals surface area contributed by atoms with Crippen molar-refractivity contribution in [1.29, 1.82) is 0 Å². The van der Waals surface area contributed by atoms with Crippen molar-refractivity contribution in [2.24, 2.45) is 11.7 Å². The molecule has 0 aromatic heterocycles. The van der Waals surface area contributed by atoms with Gasteiger partial charge in [-0.05, 0) is 23.1 Å². The Morgan fingerprint density at radius 2 is 2.00 bits per heavy atom. The molecule has 0 radical (unpaired) electrons. The van der Waals surface area contributed by atoms with Crippen LogP contribution in [0.3, 0.4) is 0 Å². The molecule has 1 atom stereocenters. The minimum Gasteiger partial charge on any atom is -0.496 e. The number of nitrogens with two attached hydrogens (primary N) is 1. The Labute approximate surface area is 109 Å². The highest BCUT2D eigenvalue weighted by atomic mass is 16.5. The smallest absolute Gasteiger partial charge is 0.170 e. The summed E-state index contributed by atoms with van der Waals surface area (Å²) in [5.74, 6) is 0.475. The molecular weight excluding hydrogens is 226 g/mol. The van der Waals surface area contributed by atoms with E-state index in [9.17, 15) is 4.79 Å². The van der Waals surface area contributed by atoms with E-state index in [0.29, 0.717) is 17.9 Å². The summed E-state index contributed by atoms with van der Waals surface area (Å²) in [5, 5.41) is 0. The summed E-state index contributed by atoms with van der Waals surface area (Å²) in [7, 11) is 1.58. The number of carbonyl (C=O) groups is 1. The van der Waals surface area contributed by atoms with Crippen molar-refractivity contribution in [3.63, 3.8) is 0 Å². The number of hydrogen-bond acceptors (Lipinski definition) is 3. The minimum atomic E-state index is -0.186. The first kappa shape index (κ1) is 14.7. The van der Waals surface area contributed by atoms with E-state index >= 15 is 0 Å². The first-order valence-corrected chi connectivity index (χ1v) is 6.24. The molecule has 1 aromatic carbocycles. The summed E-state index contributed by atoms with van der Waals surface area (Å²) < 4.78 is 5.27. The number of methoxy groups -OCH3 is 1. The number of ether oxygens (including phenoxy) is 1. The highest BCUT2D eigenvalue weighted by molar-refractivity contribution is 6.00. The van der Waals surface area contributed by atoms with Gasteiger partial charge in [-0.2, -0.15) is 0 Å². The van der Waals surface area contributed by atoms with Crippen LogP contribution >= 0.6 is 0 Å². The van der Waals surface area contributed by atoms with E-state index in [0.717, 1.165) is 5.56 Å². The van der Waals surface area contributed by atoms with Crippen molar-refractivity contribution < 1.29 is 9.53 Å². The summed E-state index contributed by atoms with van der Waals surface area (Å²) in [4.78, 5) is 12.3. The van der Waals surface area contributed by atoms with Gasteiger partial charge in [-0.15, -0.1) is 0 Å². The van der Waals surface area contributed by atoms with Crippen LogP contribution in [0.4, 0.5) is 0 Å². The third-order valence-electron chi connectivity index (χ3n) is 3.13. The molecule has 3 heteroatoms. The Kier molecular flexibility index (Phi) is 4.52. The van der Waals surface area contributed by atoms with Gasteiger partial charge in [0.15, 0.2) is 5.78 Å². The first-order valence-electron chi connectivity index (χ1n) is 6.24. The minimum absolute atomic E-state index is 0.00720. The molecule has 0 heterocycles. The SMILES string of the molecule is COc1ccc(C(C)(C)C)cc1C(=O)C(C)CN. The molecule has 0 spiro atoms. The van der Waals surface area contributed by atoms with Crippen LogP contribution in [0.2, 0.25) is 0 Å². The Hall–Kier alpha value is -1.35. The van der Waals surface area contributed by atoms with Gasteiger partial charge in [-0.1, -0.05) is 33.8 Å². The summed E-state index contributed by atoms with van der Waals surface area (Å²) >= 11 is 0. The summed E-state index contributed by atoms with van der Waals surface area (Å²) in [5.41, 5.74) is 7.32. The fourth-order valence-electron chi connectivity index (χ4n) is 1.74. The van der Waals surface area contributed by atoms with Crippen LogP contribution in [-0.4, -0.2) is 19.4 Å². The second-order valence-electron chi connectivity index (χ2n) is 5.67. The molecule has 0 aliphatic carbocycles. The molecule has 0 saturated carbocycles. The fourth-order valence-corrected chi connectivity index (χ4v) is 1.74. The lowest BCUT2D eigenvalue weighted by atomic mass is 9.84. The van der Waals surface area contributed by atoms with Gasteiger partial charge >= 0.3 is 0 Å². The zero-order valence-corrected chi connectivity index (χ0v) is 11.9. The fraction of sp³-hybridized carbons (Fsp3) is 0.533. The molecule has 0 fully saturated rings. The molecule has 2 N–H and O–H groups in total. The molecule has 1 rings (SSSR count). The molecule has 18 heavy (non-hydrogen) atoms.